The normalized spacial score (nSPS) is 7.45. The van der Waals surface area contributed by atoms with Crippen LogP contribution < -0.4 is 0 Å². The van der Waals surface area contributed by atoms with Gasteiger partial charge in [-0.15, -0.1) is 0 Å². The predicted octanol–water partition coefficient (Wildman–Crippen LogP) is 2.63. The number of halogens is 2. The van der Waals surface area contributed by atoms with Crippen molar-refractivity contribution in [2.45, 2.75) is 0 Å². The van der Waals surface area contributed by atoms with Gasteiger partial charge in [0.1, 0.15) is 11.6 Å². The summed E-state index contributed by atoms with van der Waals surface area (Å²) >= 11 is 3.81. The third kappa shape index (κ3) is 5.33. The largest absolute Gasteiger partial charge is 0.248 e. The summed E-state index contributed by atoms with van der Waals surface area (Å²) in [5.74, 6) is -0.821. The molecule has 0 radical (unpaired) electrons. The van der Waals surface area contributed by atoms with E-state index in [2.05, 4.69) is 12.2 Å². The van der Waals surface area contributed by atoms with Crippen LogP contribution in [0, 0.1) is 17.0 Å². The van der Waals surface area contributed by atoms with E-state index in [-0.39, 0.29) is 0 Å². The smallest absolute Gasteiger partial charge is 0.123 e. The number of thiocarbonyl (C=S) groups is 1. The van der Waals surface area contributed by atoms with Crippen molar-refractivity contribution in [2.75, 3.05) is 0 Å². The van der Waals surface area contributed by atoms with E-state index in [1.54, 1.807) is 5.16 Å². The lowest BCUT2D eigenvalue weighted by Crippen LogP contribution is -1.72. The molecule has 0 aliphatic carbocycles. The van der Waals surface area contributed by atoms with E-state index >= 15 is 0 Å². The van der Waals surface area contributed by atoms with Gasteiger partial charge in [0.2, 0.25) is 0 Å². The molecule has 0 aliphatic rings. The Morgan fingerprint density at radius 2 is 1.27 bits per heavy atom. The highest BCUT2D eigenvalue weighted by Crippen LogP contribution is 1.98. The van der Waals surface area contributed by atoms with Gasteiger partial charge in [-0.05, 0) is 36.5 Å². The molecule has 0 aromatic heterocycles. The van der Waals surface area contributed by atoms with Gasteiger partial charge >= 0.3 is 0 Å². The average Bonchev–Trinajstić information content (AvgIpc) is 1.97. The van der Waals surface area contributed by atoms with Crippen LogP contribution in [-0.2, 0) is 0 Å². The third-order valence-corrected chi connectivity index (χ3v) is 0.804. The number of benzene rings is 1. The second kappa shape index (κ2) is 5.65. The molecule has 1 aromatic rings. The zero-order valence-electron chi connectivity index (χ0n) is 5.47. The van der Waals surface area contributed by atoms with Crippen molar-refractivity contribution >= 4 is 17.4 Å². The maximum Gasteiger partial charge on any atom is 0.123 e. The van der Waals surface area contributed by atoms with Crippen LogP contribution in [0.25, 0.3) is 0 Å². The fourth-order valence-electron chi connectivity index (χ4n) is 0.430. The first-order chi connectivity index (χ1) is 5.20. The first kappa shape index (κ1) is 9.88. The minimum Gasteiger partial charge on any atom is -0.248 e. The van der Waals surface area contributed by atoms with Crippen LogP contribution in [0.3, 0.4) is 0 Å². The minimum atomic E-state index is -0.411. The predicted molar refractivity (Wildman–Crippen MR) is 41.7 cm³/mol. The molecular weight excluding hydrogens is 168 g/mol. The van der Waals surface area contributed by atoms with Gasteiger partial charge in [-0.3, -0.25) is 0 Å². The van der Waals surface area contributed by atoms with Gasteiger partial charge in [-0.1, -0.05) is 0 Å². The first-order valence-electron chi connectivity index (χ1n) is 2.65. The van der Waals surface area contributed by atoms with Crippen LogP contribution in [-0.4, -0.2) is 5.16 Å². The molecule has 0 spiro atoms. The summed E-state index contributed by atoms with van der Waals surface area (Å²) in [6, 6.07) is 4.31. The monoisotopic (exact) mass is 173 g/mol. The van der Waals surface area contributed by atoms with Gasteiger partial charge < -0.3 is 0 Å². The Morgan fingerprint density at radius 1 is 1.09 bits per heavy atom. The highest BCUT2D eigenvalue weighted by atomic mass is 32.1. The Balaban J connectivity index is 0.000000292. The number of hydrogen-bond acceptors (Lipinski definition) is 2. The molecule has 0 aliphatic heterocycles. The van der Waals surface area contributed by atoms with Gasteiger partial charge in [-0.2, -0.15) is 0 Å². The summed E-state index contributed by atoms with van der Waals surface area (Å²) in [6.45, 7) is 0. The molecule has 1 N–H and O–H groups in total. The molecular formula is C7H5F2NS. The quantitative estimate of drug-likeness (QED) is 0.473. The first-order valence-corrected chi connectivity index (χ1v) is 3.06. The van der Waals surface area contributed by atoms with Crippen molar-refractivity contribution in [3.8, 4) is 0 Å². The van der Waals surface area contributed by atoms with Crippen molar-refractivity contribution < 1.29 is 8.78 Å². The Kier molecular flexibility index (Phi) is 5.07. The molecule has 0 bridgehead atoms. The SMILES string of the molecule is Fc1ccc(F)cc1.N=C=S. The molecule has 0 atom stereocenters. The van der Waals surface area contributed by atoms with E-state index in [0.29, 0.717) is 0 Å². The lowest BCUT2D eigenvalue weighted by Gasteiger charge is -1.83. The summed E-state index contributed by atoms with van der Waals surface area (Å²) in [6.07, 6.45) is 0. The molecule has 0 heterocycles. The lowest BCUT2D eigenvalue weighted by molar-refractivity contribution is 0.600. The van der Waals surface area contributed by atoms with Crippen molar-refractivity contribution in [3.63, 3.8) is 0 Å². The van der Waals surface area contributed by atoms with E-state index in [0.717, 1.165) is 24.3 Å². The zero-order valence-corrected chi connectivity index (χ0v) is 6.29. The third-order valence-electron chi connectivity index (χ3n) is 0.804. The minimum absolute atomic E-state index is 0.411. The highest BCUT2D eigenvalue weighted by Gasteiger charge is 1.86. The van der Waals surface area contributed by atoms with Gasteiger partial charge in [0, 0.05) is 0 Å². The second-order valence-corrected chi connectivity index (χ2v) is 1.74. The topological polar surface area (TPSA) is 23.9 Å². The molecule has 0 amide bonds. The summed E-state index contributed by atoms with van der Waals surface area (Å²) < 4.78 is 23.8. The van der Waals surface area contributed by atoms with E-state index in [1.807, 2.05) is 0 Å². The Hall–Kier alpha value is -1.12. The number of rotatable bonds is 0. The van der Waals surface area contributed by atoms with Gasteiger partial charge in [-0.25, -0.2) is 14.2 Å². The summed E-state index contributed by atoms with van der Waals surface area (Å²) in [5, 5.41) is 7.36. The molecule has 4 heteroatoms. The van der Waals surface area contributed by atoms with Crippen LogP contribution in [0.15, 0.2) is 24.3 Å². The Bertz CT molecular complexity index is 218. The molecule has 1 nitrogen and oxygen atoms in total. The zero-order chi connectivity index (χ0) is 8.69. The average molecular weight is 173 g/mol. The lowest BCUT2D eigenvalue weighted by atomic mass is 10.3. The number of isothiocyanates is 1. The second-order valence-electron chi connectivity index (χ2n) is 1.54. The fourth-order valence-corrected chi connectivity index (χ4v) is 0.430. The van der Waals surface area contributed by atoms with Crippen LogP contribution in [0.2, 0.25) is 0 Å². The van der Waals surface area contributed by atoms with E-state index in [4.69, 9.17) is 5.41 Å². The number of nitrogens with one attached hydrogen (secondary N) is 1. The number of hydrogen-bond donors (Lipinski definition) is 1. The van der Waals surface area contributed by atoms with Gasteiger partial charge in [0.05, 0.1) is 5.16 Å². The van der Waals surface area contributed by atoms with Gasteiger partial charge in [0.15, 0.2) is 0 Å². The van der Waals surface area contributed by atoms with Crippen LogP contribution in [0.4, 0.5) is 8.78 Å². The molecule has 0 unspecified atom stereocenters. The van der Waals surface area contributed by atoms with Crippen molar-refractivity contribution in [2.24, 2.45) is 0 Å². The maximum atomic E-state index is 11.9. The molecule has 11 heavy (non-hydrogen) atoms. The standard InChI is InChI=1S/C6H4F2.CHNS/c7-5-1-2-6(8)4-3-5;2-1-3/h1-4H;2H. The van der Waals surface area contributed by atoms with E-state index in [1.165, 1.54) is 0 Å². The summed E-state index contributed by atoms with van der Waals surface area (Å²) in [5.41, 5.74) is 0. The van der Waals surface area contributed by atoms with Crippen molar-refractivity contribution in [1.29, 1.82) is 5.41 Å². The fraction of sp³-hybridized carbons (Fsp3) is 0. The highest BCUT2D eigenvalue weighted by molar-refractivity contribution is 7.78. The summed E-state index contributed by atoms with van der Waals surface area (Å²) in [7, 11) is 0. The van der Waals surface area contributed by atoms with Crippen molar-refractivity contribution in [1.82, 2.24) is 0 Å². The van der Waals surface area contributed by atoms with Crippen LogP contribution >= 0.6 is 12.2 Å². The van der Waals surface area contributed by atoms with E-state index in [9.17, 15) is 8.78 Å². The molecule has 0 saturated carbocycles. The summed E-state index contributed by atoms with van der Waals surface area (Å²) in [4.78, 5) is 0. The van der Waals surface area contributed by atoms with Gasteiger partial charge in [0.25, 0.3) is 0 Å². The Morgan fingerprint density at radius 3 is 1.45 bits per heavy atom. The molecule has 1 aromatic carbocycles. The molecule has 1 rings (SSSR count). The van der Waals surface area contributed by atoms with Crippen molar-refractivity contribution in [3.05, 3.63) is 35.9 Å². The molecule has 58 valence electrons. The van der Waals surface area contributed by atoms with Crippen LogP contribution in [0.1, 0.15) is 0 Å². The molecule has 0 fully saturated rings. The van der Waals surface area contributed by atoms with E-state index < -0.39 is 11.6 Å². The maximum absolute atomic E-state index is 11.9. The molecule has 0 saturated heterocycles. The van der Waals surface area contributed by atoms with Crippen LogP contribution in [0.5, 0.6) is 0 Å². The Labute approximate surface area is 68.2 Å².